The molecular weight excluding hydrogens is 380 g/mol. The molecule has 7 heteroatoms. The van der Waals surface area contributed by atoms with Gasteiger partial charge < -0.3 is 4.74 Å². The van der Waals surface area contributed by atoms with Crippen molar-refractivity contribution < 1.29 is 4.74 Å². The van der Waals surface area contributed by atoms with Crippen LogP contribution in [0.4, 0.5) is 0 Å². The van der Waals surface area contributed by atoms with Crippen molar-refractivity contribution >= 4 is 23.4 Å². The van der Waals surface area contributed by atoms with E-state index in [9.17, 15) is 0 Å². The zero-order chi connectivity index (χ0) is 19.1. The lowest BCUT2D eigenvalue weighted by atomic mass is 10.2. The average Bonchev–Trinajstić information content (AvgIpc) is 3.12. The van der Waals surface area contributed by atoms with E-state index in [0.29, 0.717) is 17.2 Å². The van der Waals surface area contributed by atoms with Crippen LogP contribution in [-0.4, -0.2) is 27.6 Å². The number of hydrogen-bond acceptors (Lipinski definition) is 5. The Bertz CT molecular complexity index is 937. The maximum Gasteiger partial charge on any atom is 0.196 e. The molecule has 0 N–H and O–H groups in total. The summed E-state index contributed by atoms with van der Waals surface area (Å²) in [5.74, 6) is 2.26. The van der Waals surface area contributed by atoms with E-state index < -0.39 is 0 Å². The SMILES string of the molecule is COc1ccc(-n2c(SCCCCC#N)nnc2-c2ccccc2)cc1Cl. The largest absolute Gasteiger partial charge is 0.495 e. The Labute approximate surface area is 167 Å². The van der Waals surface area contributed by atoms with Crippen LogP contribution in [-0.2, 0) is 0 Å². The Hall–Kier alpha value is -2.49. The lowest BCUT2D eigenvalue weighted by molar-refractivity contribution is 0.415. The third-order valence-electron chi connectivity index (χ3n) is 3.97. The normalized spacial score (nSPS) is 10.6. The molecule has 0 saturated heterocycles. The van der Waals surface area contributed by atoms with Gasteiger partial charge in [0.1, 0.15) is 5.75 Å². The van der Waals surface area contributed by atoms with Crippen molar-refractivity contribution in [3.8, 4) is 28.9 Å². The quantitative estimate of drug-likeness (QED) is 0.376. The van der Waals surface area contributed by atoms with E-state index in [2.05, 4.69) is 16.3 Å². The molecule has 0 fully saturated rings. The fourth-order valence-corrected chi connectivity index (χ4v) is 3.84. The lowest BCUT2D eigenvalue weighted by Crippen LogP contribution is -2.00. The molecule has 0 unspecified atom stereocenters. The monoisotopic (exact) mass is 398 g/mol. The number of hydrogen-bond donors (Lipinski definition) is 0. The third kappa shape index (κ3) is 4.62. The topological polar surface area (TPSA) is 63.7 Å². The molecule has 0 bridgehead atoms. The zero-order valence-corrected chi connectivity index (χ0v) is 16.5. The summed E-state index contributed by atoms with van der Waals surface area (Å²) in [4.78, 5) is 0. The number of nitrogens with zero attached hydrogens (tertiary/aromatic N) is 4. The Morgan fingerprint density at radius 1 is 1.15 bits per heavy atom. The first-order valence-corrected chi connectivity index (χ1v) is 9.95. The summed E-state index contributed by atoms with van der Waals surface area (Å²) < 4.78 is 7.27. The van der Waals surface area contributed by atoms with Gasteiger partial charge in [-0.05, 0) is 31.0 Å². The Kier molecular flexibility index (Phi) is 6.74. The molecule has 0 spiro atoms. The van der Waals surface area contributed by atoms with Crippen molar-refractivity contribution in [2.75, 3.05) is 12.9 Å². The number of methoxy groups -OCH3 is 1. The van der Waals surface area contributed by atoms with E-state index in [4.69, 9.17) is 21.6 Å². The molecule has 3 rings (SSSR count). The molecule has 0 amide bonds. The number of ether oxygens (including phenoxy) is 1. The highest BCUT2D eigenvalue weighted by Crippen LogP contribution is 2.32. The summed E-state index contributed by atoms with van der Waals surface area (Å²) in [6.07, 6.45) is 2.42. The van der Waals surface area contributed by atoms with Crippen LogP contribution in [0.3, 0.4) is 0 Å². The summed E-state index contributed by atoms with van der Waals surface area (Å²) in [7, 11) is 1.59. The fraction of sp³-hybridized carbons (Fsp3) is 0.250. The van der Waals surface area contributed by atoms with Gasteiger partial charge in [0.2, 0.25) is 0 Å². The Balaban J connectivity index is 1.96. The van der Waals surface area contributed by atoms with Crippen LogP contribution >= 0.6 is 23.4 Å². The second-order valence-electron chi connectivity index (χ2n) is 5.79. The second-order valence-corrected chi connectivity index (χ2v) is 7.26. The highest BCUT2D eigenvalue weighted by Gasteiger charge is 2.17. The van der Waals surface area contributed by atoms with Gasteiger partial charge in [-0.2, -0.15) is 5.26 Å². The molecule has 2 aromatic carbocycles. The molecule has 0 aliphatic heterocycles. The van der Waals surface area contributed by atoms with Crippen LogP contribution in [0.25, 0.3) is 17.1 Å². The zero-order valence-electron chi connectivity index (χ0n) is 14.9. The number of thioether (sulfide) groups is 1. The van der Waals surface area contributed by atoms with E-state index in [1.165, 1.54) is 0 Å². The molecule has 0 atom stereocenters. The number of rotatable bonds is 8. The van der Waals surface area contributed by atoms with Gasteiger partial charge >= 0.3 is 0 Å². The van der Waals surface area contributed by atoms with E-state index in [1.807, 2.05) is 53.1 Å². The molecule has 27 heavy (non-hydrogen) atoms. The van der Waals surface area contributed by atoms with Gasteiger partial charge in [0, 0.05) is 17.7 Å². The molecule has 138 valence electrons. The third-order valence-corrected chi connectivity index (χ3v) is 5.28. The molecule has 1 heterocycles. The van der Waals surface area contributed by atoms with Gasteiger partial charge in [0.15, 0.2) is 11.0 Å². The van der Waals surface area contributed by atoms with Crippen LogP contribution in [0.1, 0.15) is 19.3 Å². The molecule has 5 nitrogen and oxygen atoms in total. The fourth-order valence-electron chi connectivity index (χ4n) is 2.63. The van der Waals surface area contributed by atoms with Crippen molar-refractivity contribution in [2.45, 2.75) is 24.4 Å². The summed E-state index contributed by atoms with van der Waals surface area (Å²) in [6, 6.07) is 17.8. The van der Waals surface area contributed by atoms with Crippen LogP contribution in [0.15, 0.2) is 53.7 Å². The summed E-state index contributed by atoms with van der Waals surface area (Å²) in [5, 5.41) is 18.8. The number of unbranched alkanes of at least 4 members (excludes halogenated alkanes) is 2. The molecular formula is C20H19ClN4OS. The van der Waals surface area contributed by atoms with Gasteiger partial charge in [-0.15, -0.1) is 10.2 Å². The van der Waals surface area contributed by atoms with Gasteiger partial charge in [0.05, 0.1) is 23.9 Å². The number of aromatic nitrogens is 3. The Morgan fingerprint density at radius 3 is 2.67 bits per heavy atom. The lowest BCUT2D eigenvalue weighted by Gasteiger charge is -2.12. The van der Waals surface area contributed by atoms with Crippen molar-refractivity contribution in [2.24, 2.45) is 0 Å². The molecule has 1 aromatic heterocycles. The van der Waals surface area contributed by atoms with Crippen LogP contribution in [0.2, 0.25) is 5.02 Å². The molecule has 0 radical (unpaired) electrons. The van der Waals surface area contributed by atoms with Gasteiger partial charge in [-0.3, -0.25) is 4.57 Å². The standard InChI is InChI=1S/C20H19ClN4OS/c1-26-18-11-10-16(14-17(18)21)25-19(15-8-4-2-5-9-15)23-24-20(25)27-13-7-3-6-12-22/h2,4-5,8-11,14H,3,6-7,13H2,1H3. The van der Waals surface area contributed by atoms with Crippen LogP contribution < -0.4 is 4.74 Å². The van der Waals surface area contributed by atoms with Gasteiger partial charge in [-0.25, -0.2) is 0 Å². The highest BCUT2D eigenvalue weighted by molar-refractivity contribution is 7.99. The maximum atomic E-state index is 8.67. The van der Waals surface area contributed by atoms with Crippen LogP contribution in [0.5, 0.6) is 5.75 Å². The summed E-state index contributed by atoms with van der Waals surface area (Å²) >= 11 is 7.97. The summed E-state index contributed by atoms with van der Waals surface area (Å²) in [6.45, 7) is 0. The molecule has 0 aliphatic rings. The molecule has 0 saturated carbocycles. The first-order chi connectivity index (χ1) is 13.2. The smallest absolute Gasteiger partial charge is 0.196 e. The van der Waals surface area contributed by atoms with E-state index in [1.54, 1.807) is 18.9 Å². The van der Waals surface area contributed by atoms with Gasteiger partial charge in [-0.1, -0.05) is 53.7 Å². The number of nitriles is 1. The van der Waals surface area contributed by atoms with E-state index in [0.717, 1.165) is 40.8 Å². The number of halogens is 1. The maximum absolute atomic E-state index is 8.67. The van der Waals surface area contributed by atoms with E-state index in [-0.39, 0.29) is 0 Å². The van der Waals surface area contributed by atoms with E-state index >= 15 is 0 Å². The van der Waals surface area contributed by atoms with Crippen molar-refractivity contribution in [3.05, 3.63) is 53.6 Å². The minimum Gasteiger partial charge on any atom is -0.495 e. The predicted molar refractivity (Wildman–Crippen MR) is 109 cm³/mol. The van der Waals surface area contributed by atoms with Crippen molar-refractivity contribution in [1.29, 1.82) is 5.26 Å². The average molecular weight is 399 g/mol. The van der Waals surface area contributed by atoms with Crippen molar-refractivity contribution in [1.82, 2.24) is 14.8 Å². The minimum atomic E-state index is 0.535. The van der Waals surface area contributed by atoms with Crippen LogP contribution in [0, 0.1) is 11.3 Å². The highest BCUT2D eigenvalue weighted by atomic mass is 35.5. The Morgan fingerprint density at radius 2 is 1.96 bits per heavy atom. The van der Waals surface area contributed by atoms with Crippen molar-refractivity contribution in [3.63, 3.8) is 0 Å². The number of benzene rings is 2. The first kappa shape index (κ1) is 19.3. The molecule has 0 aliphatic carbocycles. The predicted octanol–water partition coefficient (Wildman–Crippen LogP) is 5.38. The summed E-state index contributed by atoms with van der Waals surface area (Å²) in [5.41, 5.74) is 1.86. The molecule has 3 aromatic rings. The second kappa shape index (κ2) is 9.45. The van der Waals surface area contributed by atoms with Gasteiger partial charge in [0.25, 0.3) is 0 Å². The minimum absolute atomic E-state index is 0.535. The first-order valence-electron chi connectivity index (χ1n) is 8.59.